The second kappa shape index (κ2) is 5.86. The molecular formula is C12H11Cl2F2N3. The van der Waals surface area contributed by atoms with Crippen LogP contribution < -0.4 is 5.32 Å². The Bertz CT molecular complexity index is 584. The molecule has 0 amide bonds. The maximum absolute atomic E-state index is 13.2. The van der Waals surface area contributed by atoms with Gasteiger partial charge in [0.05, 0.1) is 16.9 Å². The Hall–Kier alpha value is -1.17. The zero-order valence-corrected chi connectivity index (χ0v) is 11.5. The minimum Gasteiger partial charge on any atom is -0.316 e. The molecule has 3 nitrogen and oxygen atoms in total. The van der Waals surface area contributed by atoms with E-state index in [2.05, 4.69) is 10.4 Å². The normalized spacial score (nSPS) is 11.3. The highest BCUT2D eigenvalue weighted by Crippen LogP contribution is 2.30. The van der Waals surface area contributed by atoms with Crippen molar-refractivity contribution in [3.05, 3.63) is 45.7 Å². The van der Waals surface area contributed by atoms with Gasteiger partial charge >= 0.3 is 0 Å². The van der Waals surface area contributed by atoms with Crippen LogP contribution in [-0.2, 0) is 6.54 Å². The summed E-state index contributed by atoms with van der Waals surface area (Å²) in [5.41, 5.74) is 0.644. The van der Waals surface area contributed by atoms with Crippen LogP contribution in [0.1, 0.15) is 17.7 Å². The minimum absolute atomic E-state index is 0.168. The molecule has 19 heavy (non-hydrogen) atoms. The van der Waals surface area contributed by atoms with Gasteiger partial charge in [0.2, 0.25) is 0 Å². The smallest absolute Gasteiger partial charge is 0.280 e. The van der Waals surface area contributed by atoms with Crippen molar-refractivity contribution in [2.45, 2.75) is 13.0 Å². The first-order valence-electron chi connectivity index (χ1n) is 5.49. The highest BCUT2D eigenvalue weighted by molar-refractivity contribution is 6.35. The van der Waals surface area contributed by atoms with E-state index in [-0.39, 0.29) is 10.7 Å². The molecule has 7 heteroatoms. The second-order valence-electron chi connectivity index (χ2n) is 3.89. The molecule has 0 radical (unpaired) electrons. The SMILES string of the molecule is CNCc1cnn(-c2ccc(Cl)cc2Cl)c1C(F)F. The Balaban J connectivity index is 2.55. The van der Waals surface area contributed by atoms with E-state index in [0.717, 1.165) is 4.68 Å². The van der Waals surface area contributed by atoms with E-state index in [9.17, 15) is 8.78 Å². The Kier molecular flexibility index (Phi) is 4.39. The number of hydrogen-bond acceptors (Lipinski definition) is 2. The maximum atomic E-state index is 13.2. The lowest BCUT2D eigenvalue weighted by Gasteiger charge is -2.10. The van der Waals surface area contributed by atoms with Crippen molar-refractivity contribution in [3.63, 3.8) is 0 Å². The molecule has 1 aromatic carbocycles. The van der Waals surface area contributed by atoms with Gasteiger partial charge in [-0.05, 0) is 25.2 Å². The van der Waals surface area contributed by atoms with Crippen molar-refractivity contribution in [3.8, 4) is 5.69 Å². The molecule has 0 aliphatic heterocycles. The molecule has 0 fully saturated rings. The van der Waals surface area contributed by atoms with Crippen LogP contribution in [-0.4, -0.2) is 16.8 Å². The van der Waals surface area contributed by atoms with Gasteiger partial charge in [0, 0.05) is 17.1 Å². The maximum Gasteiger partial charge on any atom is 0.280 e. The van der Waals surface area contributed by atoms with Gasteiger partial charge in [-0.1, -0.05) is 23.2 Å². The summed E-state index contributed by atoms with van der Waals surface area (Å²) in [5, 5.41) is 7.52. The fourth-order valence-electron chi connectivity index (χ4n) is 1.80. The molecule has 1 heterocycles. The van der Waals surface area contributed by atoms with Crippen LogP contribution >= 0.6 is 23.2 Å². The summed E-state index contributed by atoms with van der Waals surface area (Å²) < 4.78 is 27.5. The number of benzene rings is 1. The van der Waals surface area contributed by atoms with E-state index in [0.29, 0.717) is 22.8 Å². The van der Waals surface area contributed by atoms with E-state index in [1.165, 1.54) is 12.3 Å². The highest BCUT2D eigenvalue weighted by Gasteiger charge is 2.21. The summed E-state index contributed by atoms with van der Waals surface area (Å²) in [5.74, 6) is 0. The molecule has 0 aliphatic carbocycles. The largest absolute Gasteiger partial charge is 0.316 e. The van der Waals surface area contributed by atoms with Crippen molar-refractivity contribution >= 4 is 23.2 Å². The van der Waals surface area contributed by atoms with E-state index in [4.69, 9.17) is 23.2 Å². The lowest BCUT2D eigenvalue weighted by Crippen LogP contribution is -2.09. The molecule has 0 saturated heterocycles. The van der Waals surface area contributed by atoms with Gasteiger partial charge in [0.15, 0.2) is 0 Å². The summed E-state index contributed by atoms with van der Waals surface area (Å²) in [6.07, 6.45) is -1.24. The third-order valence-electron chi connectivity index (χ3n) is 2.60. The second-order valence-corrected chi connectivity index (χ2v) is 4.74. The minimum atomic E-state index is -2.64. The van der Waals surface area contributed by atoms with Crippen LogP contribution in [0.2, 0.25) is 10.0 Å². The van der Waals surface area contributed by atoms with Crippen molar-refractivity contribution < 1.29 is 8.78 Å². The number of hydrogen-bond donors (Lipinski definition) is 1. The standard InChI is InChI=1S/C12H11Cl2F2N3/c1-17-5-7-6-18-19(11(7)12(15)16)10-3-2-8(13)4-9(10)14/h2-4,6,12,17H,5H2,1H3. The quantitative estimate of drug-likeness (QED) is 0.930. The van der Waals surface area contributed by atoms with Crippen LogP contribution in [0.5, 0.6) is 0 Å². The van der Waals surface area contributed by atoms with Crippen LogP contribution in [0.4, 0.5) is 8.78 Å². The average molecular weight is 306 g/mol. The summed E-state index contributed by atoms with van der Waals surface area (Å²) in [4.78, 5) is 0. The van der Waals surface area contributed by atoms with Crippen LogP contribution in [0, 0.1) is 0 Å². The van der Waals surface area contributed by atoms with Gasteiger partial charge in [-0.3, -0.25) is 0 Å². The Morgan fingerprint density at radius 1 is 1.37 bits per heavy atom. The topological polar surface area (TPSA) is 29.9 Å². The van der Waals surface area contributed by atoms with Gasteiger partial charge < -0.3 is 5.32 Å². The average Bonchev–Trinajstić information content (AvgIpc) is 2.73. The predicted molar refractivity (Wildman–Crippen MR) is 71.3 cm³/mol. The lowest BCUT2D eigenvalue weighted by molar-refractivity contribution is 0.141. The zero-order chi connectivity index (χ0) is 14.0. The van der Waals surface area contributed by atoms with E-state index in [1.807, 2.05) is 0 Å². The molecule has 2 rings (SSSR count). The number of nitrogens with one attached hydrogen (secondary N) is 1. The Labute approximate surface area is 119 Å². The molecule has 1 aromatic heterocycles. The monoisotopic (exact) mass is 305 g/mol. The molecule has 0 spiro atoms. The molecule has 0 atom stereocenters. The van der Waals surface area contributed by atoms with Gasteiger partial charge in [-0.25, -0.2) is 13.5 Å². The third kappa shape index (κ3) is 2.88. The van der Waals surface area contributed by atoms with Crippen molar-refractivity contribution in [1.29, 1.82) is 0 Å². The predicted octanol–water partition coefficient (Wildman–Crippen LogP) is 3.84. The van der Waals surface area contributed by atoms with Gasteiger partial charge in [-0.2, -0.15) is 5.10 Å². The molecular weight excluding hydrogens is 295 g/mol. The summed E-state index contributed by atoms with van der Waals surface area (Å²) in [6, 6.07) is 4.64. The third-order valence-corrected chi connectivity index (χ3v) is 3.14. The molecule has 0 bridgehead atoms. The van der Waals surface area contributed by atoms with Gasteiger partial charge in [-0.15, -0.1) is 0 Å². The van der Waals surface area contributed by atoms with Crippen molar-refractivity contribution in [2.75, 3.05) is 7.05 Å². The molecule has 1 N–H and O–H groups in total. The van der Waals surface area contributed by atoms with Gasteiger partial charge in [0.1, 0.15) is 5.69 Å². The first kappa shape index (κ1) is 14.2. The first-order chi connectivity index (χ1) is 9.04. The number of halogens is 4. The summed E-state index contributed by atoms with van der Waals surface area (Å²) >= 11 is 11.8. The van der Waals surface area contributed by atoms with Crippen molar-refractivity contribution in [1.82, 2.24) is 15.1 Å². The molecule has 0 aliphatic rings. The Morgan fingerprint density at radius 3 is 2.68 bits per heavy atom. The van der Waals surface area contributed by atoms with E-state index >= 15 is 0 Å². The Morgan fingerprint density at radius 2 is 2.11 bits per heavy atom. The van der Waals surface area contributed by atoms with Crippen LogP contribution in [0.3, 0.4) is 0 Å². The zero-order valence-electron chi connectivity index (χ0n) is 10.0. The number of aromatic nitrogens is 2. The fourth-order valence-corrected chi connectivity index (χ4v) is 2.28. The molecule has 0 unspecified atom stereocenters. The number of alkyl halides is 2. The highest BCUT2D eigenvalue weighted by atomic mass is 35.5. The van der Waals surface area contributed by atoms with E-state index in [1.54, 1.807) is 19.2 Å². The van der Waals surface area contributed by atoms with Crippen LogP contribution in [0.15, 0.2) is 24.4 Å². The van der Waals surface area contributed by atoms with Crippen LogP contribution in [0.25, 0.3) is 5.69 Å². The number of nitrogens with zero attached hydrogens (tertiary/aromatic N) is 2. The van der Waals surface area contributed by atoms with Gasteiger partial charge in [0.25, 0.3) is 6.43 Å². The molecule has 2 aromatic rings. The van der Waals surface area contributed by atoms with E-state index < -0.39 is 6.43 Å². The fraction of sp³-hybridized carbons (Fsp3) is 0.250. The van der Waals surface area contributed by atoms with Crippen molar-refractivity contribution in [2.24, 2.45) is 0 Å². The first-order valence-corrected chi connectivity index (χ1v) is 6.25. The summed E-state index contributed by atoms with van der Waals surface area (Å²) in [6.45, 7) is 0.310. The lowest BCUT2D eigenvalue weighted by atomic mass is 10.2. The summed E-state index contributed by atoms with van der Waals surface area (Å²) in [7, 11) is 1.68. The number of rotatable bonds is 4. The molecule has 102 valence electrons. The molecule has 0 saturated carbocycles.